The molecule has 3 nitrogen and oxygen atoms in total. The summed E-state index contributed by atoms with van der Waals surface area (Å²) in [6.45, 7) is 0. The van der Waals surface area contributed by atoms with Crippen molar-refractivity contribution >= 4 is 33.4 Å². The summed E-state index contributed by atoms with van der Waals surface area (Å²) < 4.78 is 0. The van der Waals surface area contributed by atoms with Crippen molar-refractivity contribution < 1.29 is 0 Å². The van der Waals surface area contributed by atoms with Gasteiger partial charge in [0, 0.05) is 42.8 Å². The average molecular weight is 832 g/mol. The summed E-state index contributed by atoms with van der Waals surface area (Å²) in [4.78, 5) is 18.1. The van der Waals surface area contributed by atoms with Gasteiger partial charge >= 0.3 is 0 Å². The molecule has 0 saturated heterocycles. The van der Waals surface area contributed by atoms with Crippen molar-refractivity contribution in [2.24, 2.45) is 0 Å². The van der Waals surface area contributed by atoms with Crippen LogP contribution in [0.15, 0.2) is 234 Å². The van der Waals surface area contributed by atoms with Gasteiger partial charge in [0.05, 0.1) is 28.0 Å². The Morgan fingerprint density at radius 1 is 0.312 bits per heavy atom. The van der Waals surface area contributed by atoms with Gasteiger partial charge in [-0.05, 0) is 86.3 Å². The zero-order valence-electron chi connectivity index (χ0n) is 34.6. The van der Waals surface area contributed by atoms with Crippen LogP contribution in [-0.4, -0.2) is 15.0 Å². The Balaban J connectivity index is 0.922. The summed E-state index contributed by atoms with van der Waals surface area (Å²) in [7, 11) is 0. The van der Waals surface area contributed by atoms with E-state index in [-0.39, 0.29) is 0 Å². The Morgan fingerprint density at radius 3 is 1.50 bits per heavy atom. The maximum Gasteiger partial charge on any atom is 0.160 e. The van der Waals surface area contributed by atoms with E-state index in [1.54, 1.807) is 0 Å². The van der Waals surface area contributed by atoms with Gasteiger partial charge in [-0.2, -0.15) is 0 Å². The van der Waals surface area contributed by atoms with Gasteiger partial charge in [-0.15, -0.1) is 0 Å². The highest BCUT2D eigenvalue weighted by atomic mass is 32.2. The van der Waals surface area contributed by atoms with Crippen LogP contribution in [-0.2, 0) is 5.41 Å². The molecule has 0 fully saturated rings. The number of para-hydroxylation sites is 1. The molecule has 1 aliphatic carbocycles. The lowest BCUT2D eigenvalue weighted by molar-refractivity contribution is 0.723. The summed E-state index contributed by atoms with van der Waals surface area (Å²) >= 11 is 1.88. The maximum absolute atomic E-state index is 5.42. The van der Waals surface area contributed by atoms with Gasteiger partial charge in [0.25, 0.3) is 0 Å². The SMILES string of the molecule is c1ccc(-c2cc(-c3ccc(-c4ccc(-c5nc6ccccc6c6cc7c(cc56)-c5ccccc5C75c6ccccc6Sc6ccccc65)cc4)cc3)nc(-c3ccccc3)n2)cc1. The topological polar surface area (TPSA) is 38.7 Å². The molecule has 0 bridgehead atoms. The Hall–Kier alpha value is -7.92. The zero-order valence-corrected chi connectivity index (χ0v) is 35.4. The summed E-state index contributed by atoms with van der Waals surface area (Å²) in [5.41, 5.74) is 17.7. The molecule has 0 atom stereocenters. The molecule has 0 unspecified atom stereocenters. The molecule has 0 amide bonds. The van der Waals surface area contributed by atoms with Gasteiger partial charge in [-0.25, -0.2) is 15.0 Å². The second kappa shape index (κ2) is 14.6. The fraction of sp³-hybridized carbons (Fsp3) is 0.0167. The molecule has 2 aliphatic rings. The quantitative estimate of drug-likeness (QED) is 0.162. The lowest BCUT2D eigenvalue weighted by Gasteiger charge is -2.39. The largest absolute Gasteiger partial charge is 0.247 e. The lowest BCUT2D eigenvalue weighted by atomic mass is 9.67. The van der Waals surface area contributed by atoms with Crippen LogP contribution < -0.4 is 0 Å². The third-order valence-electron chi connectivity index (χ3n) is 13.2. The number of fused-ring (bicyclic) bond motifs is 12. The van der Waals surface area contributed by atoms with Crippen molar-refractivity contribution in [3.63, 3.8) is 0 Å². The van der Waals surface area contributed by atoms with Crippen molar-refractivity contribution in [2.45, 2.75) is 15.2 Å². The minimum absolute atomic E-state index is 0.442. The van der Waals surface area contributed by atoms with E-state index < -0.39 is 5.41 Å². The molecule has 1 spiro atoms. The van der Waals surface area contributed by atoms with E-state index in [0.29, 0.717) is 5.82 Å². The normalized spacial score (nSPS) is 13.1. The first kappa shape index (κ1) is 36.7. The average Bonchev–Trinajstić information content (AvgIpc) is 3.65. The van der Waals surface area contributed by atoms with Crippen LogP contribution in [0, 0.1) is 0 Å². The molecule has 1 aliphatic heterocycles. The van der Waals surface area contributed by atoms with Crippen LogP contribution in [0.3, 0.4) is 0 Å². The monoisotopic (exact) mass is 831 g/mol. The van der Waals surface area contributed by atoms with Crippen LogP contribution in [0.1, 0.15) is 22.3 Å². The minimum Gasteiger partial charge on any atom is -0.247 e. The van der Waals surface area contributed by atoms with Crippen LogP contribution in [0.25, 0.3) is 89.1 Å². The van der Waals surface area contributed by atoms with Gasteiger partial charge in [0.2, 0.25) is 0 Å². The van der Waals surface area contributed by atoms with Crippen LogP contribution in [0.2, 0.25) is 0 Å². The van der Waals surface area contributed by atoms with Crippen molar-refractivity contribution in [3.8, 4) is 67.4 Å². The van der Waals surface area contributed by atoms with Crippen LogP contribution in [0.5, 0.6) is 0 Å². The lowest BCUT2D eigenvalue weighted by Crippen LogP contribution is -2.31. The Bertz CT molecular complexity index is 3520. The Labute approximate surface area is 375 Å². The van der Waals surface area contributed by atoms with Gasteiger partial charge in [0.15, 0.2) is 5.82 Å². The maximum atomic E-state index is 5.42. The smallest absolute Gasteiger partial charge is 0.160 e. The van der Waals surface area contributed by atoms with Gasteiger partial charge in [0.1, 0.15) is 0 Å². The van der Waals surface area contributed by atoms with Crippen molar-refractivity contribution in [1.29, 1.82) is 0 Å². The number of pyridine rings is 1. The van der Waals surface area contributed by atoms with E-state index in [1.807, 2.05) is 48.2 Å². The molecule has 2 aromatic heterocycles. The third-order valence-corrected chi connectivity index (χ3v) is 14.3. The zero-order chi connectivity index (χ0) is 42.2. The van der Waals surface area contributed by atoms with E-state index in [1.165, 1.54) is 48.6 Å². The molecule has 0 N–H and O–H groups in total. The predicted molar refractivity (Wildman–Crippen MR) is 263 cm³/mol. The highest BCUT2D eigenvalue weighted by Gasteiger charge is 2.50. The number of hydrogen-bond acceptors (Lipinski definition) is 4. The van der Waals surface area contributed by atoms with Crippen molar-refractivity contribution in [2.75, 3.05) is 0 Å². The standard InChI is InChI=1S/C60H37N3S/c1-3-15-40(16-4-1)54-37-55(63-59(62-54)43-17-5-2-6-18-43)41-31-27-38(28-32-41)39-29-33-42(34-30-39)58-48-35-47-44-19-7-9-21-49(44)60(52(47)36-46(48)45-20-8-12-24-53(45)61-58)50-22-10-13-25-56(50)64-57-26-14-11-23-51(57)60/h1-37H. The van der Waals surface area contributed by atoms with Crippen LogP contribution >= 0.6 is 11.8 Å². The van der Waals surface area contributed by atoms with E-state index in [9.17, 15) is 0 Å². The van der Waals surface area contributed by atoms with E-state index >= 15 is 0 Å². The fourth-order valence-electron chi connectivity index (χ4n) is 10.2. The molecule has 9 aromatic carbocycles. The molecule has 4 heteroatoms. The Kier molecular flexibility index (Phi) is 8.37. The van der Waals surface area contributed by atoms with Gasteiger partial charge < -0.3 is 0 Å². The van der Waals surface area contributed by atoms with Gasteiger partial charge in [-0.1, -0.05) is 200 Å². The van der Waals surface area contributed by atoms with Crippen molar-refractivity contribution in [3.05, 3.63) is 247 Å². The molecular weight excluding hydrogens is 795 g/mol. The molecule has 11 aromatic rings. The molecule has 64 heavy (non-hydrogen) atoms. The molecule has 298 valence electrons. The number of aromatic nitrogens is 3. The highest BCUT2D eigenvalue weighted by molar-refractivity contribution is 7.99. The molecular formula is C60H37N3S. The van der Waals surface area contributed by atoms with E-state index in [4.69, 9.17) is 15.0 Å². The second-order valence-corrected chi connectivity index (χ2v) is 17.7. The number of benzene rings is 9. The highest BCUT2D eigenvalue weighted by Crippen LogP contribution is 2.62. The third kappa shape index (κ3) is 5.66. The number of hydrogen-bond donors (Lipinski definition) is 0. The minimum atomic E-state index is -0.442. The second-order valence-electron chi connectivity index (χ2n) is 16.7. The first-order valence-corrected chi connectivity index (χ1v) is 22.6. The summed E-state index contributed by atoms with van der Waals surface area (Å²) in [5, 5.41) is 3.53. The summed E-state index contributed by atoms with van der Waals surface area (Å²) in [5.74, 6) is 0.712. The first-order chi connectivity index (χ1) is 31.7. The fourth-order valence-corrected chi connectivity index (χ4v) is 11.4. The molecule has 0 saturated carbocycles. The summed E-state index contributed by atoms with van der Waals surface area (Å²) in [6, 6.07) is 80.9. The van der Waals surface area contributed by atoms with E-state index in [2.05, 4.69) is 188 Å². The molecule has 13 rings (SSSR count). The first-order valence-electron chi connectivity index (χ1n) is 21.8. The molecule has 3 heterocycles. The summed E-state index contributed by atoms with van der Waals surface area (Å²) in [6.07, 6.45) is 0. The number of nitrogens with zero attached hydrogens (tertiary/aromatic N) is 3. The van der Waals surface area contributed by atoms with Crippen LogP contribution in [0.4, 0.5) is 0 Å². The van der Waals surface area contributed by atoms with Crippen molar-refractivity contribution in [1.82, 2.24) is 15.0 Å². The van der Waals surface area contributed by atoms with E-state index in [0.717, 1.165) is 66.8 Å². The number of rotatable bonds is 5. The predicted octanol–water partition coefficient (Wildman–Crippen LogP) is 15.3. The molecule has 0 radical (unpaired) electrons. The Morgan fingerprint density at radius 2 is 0.828 bits per heavy atom. The van der Waals surface area contributed by atoms with Gasteiger partial charge in [-0.3, -0.25) is 0 Å².